The van der Waals surface area contributed by atoms with Gasteiger partial charge in [0, 0.05) is 36.7 Å². The summed E-state index contributed by atoms with van der Waals surface area (Å²) < 4.78 is 1.53. The predicted molar refractivity (Wildman–Crippen MR) is 108 cm³/mol. The summed E-state index contributed by atoms with van der Waals surface area (Å²) in [5.41, 5.74) is 4.27. The van der Waals surface area contributed by atoms with Crippen molar-refractivity contribution in [3.8, 4) is 0 Å². The van der Waals surface area contributed by atoms with Crippen molar-refractivity contribution >= 4 is 5.91 Å². The number of hydrogen-bond acceptors (Lipinski definition) is 4. The number of pyridine rings is 1. The molecular formula is C22H24N4O2. The Bertz CT molecular complexity index is 1010. The average Bonchev–Trinajstić information content (AvgIpc) is 2.67. The van der Waals surface area contributed by atoms with E-state index in [0.717, 1.165) is 22.4 Å². The van der Waals surface area contributed by atoms with E-state index in [4.69, 9.17) is 0 Å². The van der Waals surface area contributed by atoms with E-state index in [2.05, 4.69) is 15.3 Å². The van der Waals surface area contributed by atoms with Gasteiger partial charge >= 0.3 is 5.69 Å². The summed E-state index contributed by atoms with van der Waals surface area (Å²) in [4.78, 5) is 32.8. The molecule has 0 aliphatic carbocycles. The smallest absolute Gasteiger partial charge is 0.345 e. The standard InChI is InChI=1S/C22H24N4O2/c1-15-4-6-18(7-5-15)21(19-8-11-23-12-9-19)25-20(27)10-13-26-17(3)14-16(2)24-22(26)28/h4-9,11-12,14,21H,10,13H2,1-3H3,(H,25,27)/t21-/m0/s1. The highest BCUT2D eigenvalue weighted by molar-refractivity contribution is 5.77. The minimum absolute atomic E-state index is 0.130. The number of nitrogens with zero attached hydrogens (tertiary/aromatic N) is 3. The number of benzene rings is 1. The largest absolute Gasteiger partial charge is 0.347 e. The van der Waals surface area contributed by atoms with Crippen LogP contribution in [0.2, 0.25) is 0 Å². The molecule has 0 unspecified atom stereocenters. The minimum Gasteiger partial charge on any atom is -0.345 e. The summed E-state index contributed by atoms with van der Waals surface area (Å²) in [5.74, 6) is -0.130. The third-order valence-electron chi connectivity index (χ3n) is 4.66. The molecule has 0 aliphatic rings. The molecule has 28 heavy (non-hydrogen) atoms. The lowest BCUT2D eigenvalue weighted by Crippen LogP contribution is -2.32. The lowest BCUT2D eigenvalue weighted by Gasteiger charge is -2.20. The van der Waals surface area contributed by atoms with Crippen molar-refractivity contribution in [2.75, 3.05) is 0 Å². The van der Waals surface area contributed by atoms with Gasteiger partial charge in [-0.1, -0.05) is 29.8 Å². The second-order valence-electron chi connectivity index (χ2n) is 6.91. The molecule has 0 radical (unpaired) electrons. The number of nitrogens with one attached hydrogen (secondary N) is 1. The number of aromatic nitrogens is 3. The lowest BCUT2D eigenvalue weighted by molar-refractivity contribution is -0.121. The molecule has 1 N–H and O–H groups in total. The molecule has 0 saturated carbocycles. The maximum absolute atomic E-state index is 12.7. The summed E-state index contributed by atoms with van der Waals surface area (Å²) >= 11 is 0. The van der Waals surface area contributed by atoms with Crippen LogP contribution in [0, 0.1) is 20.8 Å². The van der Waals surface area contributed by atoms with Gasteiger partial charge in [-0.2, -0.15) is 4.98 Å². The Kier molecular flexibility index (Phi) is 5.99. The van der Waals surface area contributed by atoms with Gasteiger partial charge in [0.1, 0.15) is 0 Å². The molecule has 6 heteroatoms. The highest BCUT2D eigenvalue weighted by Crippen LogP contribution is 2.22. The molecule has 2 aromatic heterocycles. The minimum atomic E-state index is -0.325. The Morgan fingerprint density at radius 3 is 2.32 bits per heavy atom. The van der Waals surface area contributed by atoms with Gasteiger partial charge in [0.2, 0.25) is 5.91 Å². The van der Waals surface area contributed by atoms with Crippen molar-refractivity contribution in [1.82, 2.24) is 19.9 Å². The molecule has 1 atom stereocenters. The van der Waals surface area contributed by atoms with E-state index in [-0.39, 0.29) is 24.1 Å². The second kappa shape index (κ2) is 8.61. The first-order chi connectivity index (χ1) is 13.4. The Morgan fingerprint density at radius 1 is 1.04 bits per heavy atom. The summed E-state index contributed by atoms with van der Waals surface area (Å²) in [6.45, 7) is 5.95. The molecule has 3 rings (SSSR count). The first kappa shape index (κ1) is 19.5. The normalized spacial score (nSPS) is 11.8. The monoisotopic (exact) mass is 376 g/mol. The van der Waals surface area contributed by atoms with E-state index in [1.54, 1.807) is 19.3 Å². The molecular weight excluding hydrogens is 352 g/mol. The highest BCUT2D eigenvalue weighted by Gasteiger charge is 2.17. The van der Waals surface area contributed by atoms with Crippen LogP contribution in [0.25, 0.3) is 0 Å². The molecule has 144 valence electrons. The molecule has 0 spiro atoms. The molecule has 0 fully saturated rings. The van der Waals surface area contributed by atoms with E-state index < -0.39 is 0 Å². The zero-order chi connectivity index (χ0) is 20.1. The fourth-order valence-corrected chi connectivity index (χ4v) is 3.17. The SMILES string of the molecule is Cc1ccc([C@H](NC(=O)CCn2c(C)cc(C)nc2=O)c2ccncc2)cc1. The maximum atomic E-state index is 12.7. The average molecular weight is 376 g/mol. The zero-order valence-corrected chi connectivity index (χ0v) is 16.3. The first-order valence-corrected chi connectivity index (χ1v) is 9.25. The Balaban J connectivity index is 1.77. The van der Waals surface area contributed by atoms with Crippen molar-refractivity contribution in [3.05, 3.63) is 93.4 Å². The Hall–Kier alpha value is -3.28. The highest BCUT2D eigenvalue weighted by atomic mass is 16.2. The van der Waals surface area contributed by atoms with Crippen molar-refractivity contribution in [1.29, 1.82) is 0 Å². The molecule has 1 aromatic carbocycles. The fraction of sp³-hybridized carbons (Fsp3) is 0.273. The van der Waals surface area contributed by atoms with Gasteiger partial charge in [0.15, 0.2) is 0 Å². The van der Waals surface area contributed by atoms with Crippen LogP contribution in [0.1, 0.15) is 40.5 Å². The predicted octanol–water partition coefficient (Wildman–Crippen LogP) is 2.86. The Labute approximate surface area is 164 Å². The van der Waals surface area contributed by atoms with Gasteiger partial charge in [0.25, 0.3) is 0 Å². The van der Waals surface area contributed by atoms with Crippen LogP contribution < -0.4 is 11.0 Å². The fourth-order valence-electron chi connectivity index (χ4n) is 3.17. The number of hydrogen-bond donors (Lipinski definition) is 1. The Morgan fingerprint density at radius 2 is 1.68 bits per heavy atom. The van der Waals surface area contributed by atoms with E-state index in [1.807, 2.05) is 56.3 Å². The number of carbonyl (C=O) groups excluding carboxylic acids is 1. The number of carbonyl (C=O) groups is 1. The summed E-state index contributed by atoms with van der Waals surface area (Å²) in [6, 6.07) is 13.4. The lowest BCUT2D eigenvalue weighted by atomic mass is 9.98. The summed E-state index contributed by atoms with van der Waals surface area (Å²) in [5, 5.41) is 3.09. The molecule has 0 saturated heterocycles. The van der Waals surface area contributed by atoms with Gasteiger partial charge in [-0.15, -0.1) is 0 Å². The van der Waals surface area contributed by atoms with Gasteiger partial charge < -0.3 is 5.32 Å². The molecule has 1 amide bonds. The first-order valence-electron chi connectivity index (χ1n) is 9.25. The van der Waals surface area contributed by atoms with Crippen molar-refractivity contribution in [2.45, 2.75) is 39.8 Å². The summed E-state index contributed by atoms with van der Waals surface area (Å²) in [6.07, 6.45) is 3.62. The van der Waals surface area contributed by atoms with Crippen molar-refractivity contribution in [2.24, 2.45) is 0 Å². The molecule has 0 bridgehead atoms. The van der Waals surface area contributed by atoms with E-state index in [0.29, 0.717) is 12.2 Å². The van der Waals surface area contributed by atoms with Crippen LogP contribution in [0.3, 0.4) is 0 Å². The van der Waals surface area contributed by atoms with Crippen LogP contribution >= 0.6 is 0 Å². The summed E-state index contributed by atoms with van der Waals surface area (Å²) in [7, 11) is 0. The maximum Gasteiger partial charge on any atom is 0.347 e. The molecule has 2 heterocycles. The quantitative estimate of drug-likeness (QED) is 0.718. The van der Waals surface area contributed by atoms with Gasteiger partial charge in [0.05, 0.1) is 6.04 Å². The van der Waals surface area contributed by atoms with Crippen LogP contribution in [0.4, 0.5) is 0 Å². The van der Waals surface area contributed by atoms with Crippen LogP contribution in [0.5, 0.6) is 0 Å². The zero-order valence-electron chi connectivity index (χ0n) is 16.3. The second-order valence-corrected chi connectivity index (χ2v) is 6.91. The third kappa shape index (κ3) is 4.71. The topological polar surface area (TPSA) is 76.9 Å². The van der Waals surface area contributed by atoms with E-state index >= 15 is 0 Å². The number of amides is 1. The number of aryl methyl sites for hydroxylation is 3. The van der Waals surface area contributed by atoms with Crippen molar-refractivity contribution in [3.63, 3.8) is 0 Å². The molecule has 6 nitrogen and oxygen atoms in total. The van der Waals surface area contributed by atoms with Crippen LogP contribution in [0.15, 0.2) is 59.7 Å². The molecule has 0 aliphatic heterocycles. The van der Waals surface area contributed by atoms with E-state index in [9.17, 15) is 9.59 Å². The third-order valence-corrected chi connectivity index (χ3v) is 4.66. The van der Waals surface area contributed by atoms with Crippen LogP contribution in [-0.4, -0.2) is 20.4 Å². The van der Waals surface area contributed by atoms with Gasteiger partial charge in [-0.05, 0) is 50.1 Å². The van der Waals surface area contributed by atoms with Crippen LogP contribution in [-0.2, 0) is 11.3 Å². The van der Waals surface area contributed by atoms with Crippen molar-refractivity contribution < 1.29 is 4.79 Å². The number of rotatable bonds is 6. The van der Waals surface area contributed by atoms with E-state index in [1.165, 1.54) is 4.57 Å². The van der Waals surface area contributed by atoms with Gasteiger partial charge in [-0.25, -0.2) is 4.79 Å². The molecule has 3 aromatic rings. The van der Waals surface area contributed by atoms with Gasteiger partial charge in [-0.3, -0.25) is 14.3 Å².